The second-order valence-corrected chi connectivity index (χ2v) is 4.62. The summed E-state index contributed by atoms with van der Waals surface area (Å²) in [5, 5.41) is 14.6. The molecule has 0 saturated carbocycles. The molecule has 0 fully saturated rings. The maximum absolute atomic E-state index is 4.32. The third-order valence-corrected chi connectivity index (χ3v) is 2.96. The van der Waals surface area contributed by atoms with Crippen LogP contribution >= 0.6 is 0 Å². The fraction of sp³-hybridized carbons (Fsp3) is 0.429. The predicted octanol–water partition coefficient (Wildman–Crippen LogP) is 1.48. The first-order valence-corrected chi connectivity index (χ1v) is 6.77. The van der Waals surface area contributed by atoms with Gasteiger partial charge in [-0.15, -0.1) is 5.10 Å². The third-order valence-electron chi connectivity index (χ3n) is 2.96. The molecule has 0 amide bonds. The highest BCUT2D eigenvalue weighted by atomic mass is 15.2. The summed E-state index contributed by atoms with van der Waals surface area (Å²) >= 11 is 0. The van der Waals surface area contributed by atoms with Gasteiger partial charge in [0.15, 0.2) is 0 Å². The molecule has 0 spiro atoms. The Hall–Kier alpha value is -2.08. The van der Waals surface area contributed by atoms with E-state index in [-0.39, 0.29) is 0 Å². The number of nitrogens with one attached hydrogen (secondary N) is 2. The number of aromatic nitrogens is 4. The van der Waals surface area contributed by atoms with E-state index in [2.05, 4.69) is 36.9 Å². The predicted molar refractivity (Wildman–Crippen MR) is 78.4 cm³/mol. The molecule has 20 heavy (non-hydrogen) atoms. The minimum Gasteiger partial charge on any atom is -0.353 e. The zero-order valence-electron chi connectivity index (χ0n) is 11.9. The number of anilines is 1. The summed E-state index contributed by atoms with van der Waals surface area (Å²) in [5.74, 6) is 0.598. The molecule has 0 bridgehead atoms. The van der Waals surface area contributed by atoms with Crippen LogP contribution in [0.25, 0.3) is 0 Å². The number of hydrogen-bond acceptors (Lipinski definition) is 6. The smallest absolute Gasteiger partial charge is 0.242 e. The summed E-state index contributed by atoms with van der Waals surface area (Å²) in [7, 11) is 0. The van der Waals surface area contributed by atoms with Crippen LogP contribution in [-0.4, -0.2) is 33.3 Å². The van der Waals surface area contributed by atoms with Gasteiger partial charge in [0, 0.05) is 25.5 Å². The van der Waals surface area contributed by atoms with Crippen LogP contribution in [0.1, 0.15) is 23.4 Å². The van der Waals surface area contributed by atoms with Gasteiger partial charge >= 0.3 is 0 Å². The van der Waals surface area contributed by atoms with Crippen molar-refractivity contribution in [2.24, 2.45) is 0 Å². The summed E-state index contributed by atoms with van der Waals surface area (Å²) in [4.78, 5) is 8.40. The van der Waals surface area contributed by atoms with Gasteiger partial charge in [-0.25, -0.2) is 4.98 Å². The summed E-state index contributed by atoms with van der Waals surface area (Å²) in [6.45, 7) is 6.44. The lowest BCUT2D eigenvalue weighted by molar-refractivity contribution is 0.660. The van der Waals surface area contributed by atoms with Crippen LogP contribution in [-0.2, 0) is 6.54 Å². The van der Waals surface area contributed by atoms with E-state index in [1.165, 1.54) is 5.56 Å². The molecule has 2 aromatic rings. The topological polar surface area (TPSA) is 75.6 Å². The third kappa shape index (κ3) is 4.55. The number of aryl methyl sites for hydroxylation is 2. The monoisotopic (exact) mass is 272 g/mol. The molecule has 106 valence electrons. The first-order valence-electron chi connectivity index (χ1n) is 6.77. The van der Waals surface area contributed by atoms with Gasteiger partial charge in [0.2, 0.25) is 5.95 Å². The Kier molecular flexibility index (Phi) is 5.37. The van der Waals surface area contributed by atoms with Crippen molar-refractivity contribution in [2.75, 3.05) is 18.4 Å². The zero-order valence-corrected chi connectivity index (χ0v) is 11.9. The van der Waals surface area contributed by atoms with Crippen molar-refractivity contribution in [3.63, 3.8) is 0 Å². The fourth-order valence-electron chi connectivity index (χ4n) is 1.68. The highest BCUT2D eigenvalue weighted by Crippen LogP contribution is 2.01. The van der Waals surface area contributed by atoms with E-state index < -0.39 is 0 Å². The number of pyridine rings is 1. The average Bonchev–Trinajstić information content (AvgIpc) is 2.47. The van der Waals surface area contributed by atoms with E-state index in [9.17, 15) is 0 Å². The second-order valence-electron chi connectivity index (χ2n) is 4.62. The molecular weight excluding hydrogens is 252 g/mol. The minimum absolute atomic E-state index is 0.598. The summed E-state index contributed by atoms with van der Waals surface area (Å²) in [6, 6.07) is 4.01. The van der Waals surface area contributed by atoms with Crippen molar-refractivity contribution in [3.05, 3.63) is 41.5 Å². The van der Waals surface area contributed by atoms with Crippen LogP contribution in [0.3, 0.4) is 0 Å². The Morgan fingerprint density at radius 1 is 1.10 bits per heavy atom. The van der Waals surface area contributed by atoms with Crippen molar-refractivity contribution in [1.29, 1.82) is 0 Å². The molecule has 2 N–H and O–H groups in total. The Morgan fingerprint density at radius 3 is 2.75 bits per heavy atom. The number of rotatable bonds is 7. The second kappa shape index (κ2) is 7.49. The Labute approximate surface area is 119 Å². The molecule has 0 aliphatic heterocycles. The van der Waals surface area contributed by atoms with Crippen LogP contribution < -0.4 is 10.6 Å². The van der Waals surface area contributed by atoms with Gasteiger partial charge in [-0.2, -0.15) is 5.10 Å². The Balaban J connectivity index is 1.61. The van der Waals surface area contributed by atoms with E-state index in [0.717, 1.165) is 37.4 Å². The molecule has 2 rings (SSSR count). The Bertz CT molecular complexity index is 528. The fourth-order valence-corrected chi connectivity index (χ4v) is 1.68. The summed E-state index contributed by atoms with van der Waals surface area (Å²) < 4.78 is 0. The summed E-state index contributed by atoms with van der Waals surface area (Å²) in [6.07, 6.45) is 4.65. The molecule has 6 nitrogen and oxygen atoms in total. The molecular formula is C14H20N6. The molecule has 2 heterocycles. The van der Waals surface area contributed by atoms with Crippen LogP contribution in [0.4, 0.5) is 5.95 Å². The highest BCUT2D eigenvalue weighted by Gasteiger charge is 2.00. The van der Waals surface area contributed by atoms with E-state index in [4.69, 9.17) is 0 Å². The first kappa shape index (κ1) is 14.3. The van der Waals surface area contributed by atoms with Gasteiger partial charge in [-0.1, -0.05) is 6.07 Å². The molecule has 2 aromatic heterocycles. The van der Waals surface area contributed by atoms with E-state index in [1.54, 1.807) is 6.20 Å². The molecule has 0 aliphatic rings. The number of hydrogen-bond donors (Lipinski definition) is 2. The maximum atomic E-state index is 4.32. The van der Waals surface area contributed by atoms with Crippen molar-refractivity contribution < 1.29 is 0 Å². The van der Waals surface area contributed by atoms with Crippen LogP contribution in [0.2, 0.25) is 0 Å². The largest absolute Gasteiger partial charge is 0.353 e. The van der Waals surface area contributed by atoms with E-state index >= 15 is 0 Å². The van der Waals surface area contributed by atoms with Gasteiger partial charge in [0.1, 0.15) is 0 Å². The van der Waals surface area contributed by atoms with Gasteiger partial charge in [0.25, 0.3) is 0 Å². The normalized spacial score (nSPS) is 10.5. The zero-order chi connectivity index (χ0) is 14.2. The quantitative estimate of drug-likeness (QED) is 0.744. The molecule has 0 atom stereocenters. The maximum Gasteiger partial charge on any atom is 0.242 e. The molecule has 0 unspecified atom stereocenters. The SMILES string of the molecule is Cc1nnc(NCCCNCc2cccnc2)nc1C. The molecule has 0 saturated heterocycles. The molecule has 0 aliphatic carbocycles. The van der Waals surface area contributed by atoms with Crippen LogP contribution in [0.15, 0.2) is 24.5 Å². The van der Waals surface area contributed by atoms with E-state index in [0.29, 0.717) is 5.95 Å². The van der Waals surface area contributed by atoms with Crippen molar-refractivity contribution >= 4 is 5.95 Å². The Morgan fingerprint density at radius 2 is 2.00 bits per heavy atom. The van der Waals surface area contributed by atoms with Gasteiger partial charge in [-0.3, -0.25) is 4.98 Å². The lowest BCUT2D eigenvalue weighted by atomic mass is 10.3. The lowest BCUT2D eigenvalue weighted by Gasteiger charge is -2.07. The van der Waals surface area contributed by atoms with Crippen molar-refractivity contribution in [2.45, 2.75) is 26.8 Å². The molecule has 0 aromatic carbocycles. The number of nitrogens with zero attached hydrogens (tertiary/aromatic N) is 4. The van der Waals surface area contributed by atoms with Gasteiger partial charge in [0.05, 0.1) is 11.4 Å². The van der Waals surface area contributed by atoms with Crippen molar-refractivity contribution in [3.8, 4) is 0 Å². The molecule has 6 heteroatoms. The minimum atomic E-state index is 0.598. The standard InChI is InChI=1S/C14H20N6/c1-11-12(2)19-20-14(18-11)17-8-4-7-16-10-13-5-3-6-15-9-13/h3,5-6,9,16H,4,7-8,10H2,1-2H3,(H,17,18,20). The van der Waals surface area contributed by atoms with Crippen LogP contribution in [0, 0.1) is 13.8 Å². The lowest BCUT2D eigenvalue weighted by Crippen LogP contribution is -2.18. The van der Waals surface area contributed by atoms with Gasteiger partial charge in [-0.05, 0) is 38.4 Å². The van der Waals surface area contributed by atoms with Gasteiger partial charge < -0.3 is 10.6 Å². The summed E-state index contributed by atoms with van der Waals surface area (Å²) in [5.41, 5.74) is 2.98. The average molecular weight is 272 g/mol. The molecule has 0 radical (unpaired) electrons. The first-order chi connectivity index (χ1) is 9.75. The van der Waals surface area contributed by atoms with Crippen molar-refractivity contribution in [1.82, 2.24) is 25.5 Å². The van der Waals surface area contributed by atoms with Crippen LogP contribution in [0.5, 0.6) is 0 Å². The van der Waals surface area contributed by atoms with E-state index in [1.807, 2.05) is 26.1 Å². The highest BCUT2D eigenvalue weighted by molar-refractivity contribution is 5.24.